The van der Waals surface area contributed by atoms with Crippen LogP contribution in [0.3, 0.4) is 0 Å². The Bertz CT molecular complexity index is 258. The third-order valence-corrected chi connectivity index (χ3v) is 4.13. The van der Waals surface area contributed by atoms with E-state index in [1.807, 2.05) is 11.9 Å². The normalized spacial score (nSPS) is 26.5. The Hall–Kier alpha value is -0.0400. The van der Waals surface area contributed by atoms with Crippen LogP contribution in [-0.4, -0.2) is 46.8 Å². The van der Waals surface area contributed by atoms with Crippen molar-refractivity contribution in [2.45, 2.75) is 31.7 Å². The van der Waals surface area contributed by atoms with Gasteiger partial charge in [0.2, 0.25) is 0 Å². The third kappa shape index (κ3) is 3.76. The van der Waals surface area contributed by atoms with Crippen molar-refractivity contribution < 1.29 is 4.79 Å². The molecule has 0 aromatic heterocycles. The van der Waals surface area contributed by atoms with Crippen LogP contribution in [-0.2, 0) is 0 Å². The molecule has 0 bridgehead atoms. The van der Waals surface area contributed by atoms with E-state index in [1.165, 1.54) is 19.4 Å². The second-order valence-electron chi connectivity index (χ2n) is 4.98. The molecule has 0 spiro atoms. The van der Waals surface area contributed by atoms with Crippen molar-refractivity contribution in [3.05, 3.63) is 0 Å². The van der Waals surface area contributed by atoms with Crippen LogP contribution in [0.15, 0.2) is 0 Å². The van der Waals surface area contributed by atoms with Crippen LogP contribution in [0.1, 0.15) is 25.7 Å². The van der Waals surface area contributed by atoms with Crippen LogP contribution < -0.4 is 5.32 Å². The van der Waals surface area contributed by atoms with Gasteiger partial charge < -0.3 is 10.2 Å². The molecule has 0 aromatic rings. The number of carbonyl (C=O) groups excluding carboxylic acids is 1. The number of carbonyl (C=O) groups is 1. The van der Waals surface area contributed by atoms with Crippen LogP contribution in [0.5, 0.6) is 0 Å². The fourth-order valence-electron chi connectivity index (χ4n) is 2.15. The average Bonchev–Trinajstić information content (AvgIpc) is 3.01. The SMILES string of the molecule is CN(CC1CCCN(I)C1)C(=O)NC1CC1. The van der Waals surface area contributed by atoms with E-state index in [4.69, 9.17) is 0 Å². The lowest BCUT2D eigenvalue weighted by Gasteiger charge is -2.31. The number of halogens is 1. The van der Waals surface area contributed by atoms with Crippen molar-refractivity contribution in [2.24, 2.45) is 5.92 Å². The maximum absolute atomic E-state index is 11.7. The quantitative estimate of drug-likeness (QED) is 0.630. The number of rotatable bonds is 3. The first-order valence-electron chi connectivity index (χ1n) is 6.07. The molecule has 2 rings (SSSR count). The van der Waals surface area contributed by atoms with E-state index in [9.17, 15) is 4.79 Å². The Morgan fingerprint density at radius 2 is 2.25 bits per heavy atom. The van der Waals surface area contributed by atoms with Gasteiger partial charge >= 0.3 is 6.03 Å². The third-order valence-electron chi connectivity index (χ3n) is 3.25. The van der Waals surface area contributed by atoms with Gasteiger partial charge in [0.15, 0.2) is 0 Å². The van der Waals surface area contributed by atoms with Crippen molar-refractivity contribution in [3.8, 4) is 0 Å². The Morgan fingerprint density at radius 1 is 1.50 bits per heavy atom. The monoisotopic (exact) mass is 337 g/mol. The molecule has 1 heterocycles. The summed E-state index contributed by atoms with van der Waals surface area (Å²) < 4.78 is 2.33. The number of piperidine rings is 1. The molecule has 1 N–H and O–H groups in total. The van der Waals surface area contributed by atoms with Gasteiger partial charge in [-0.2, -0.15) is 0 Å². The minimum atomic E-state index is 0.105. The summed E-state index contributed by atoms with van der Waals surface area (Å²) in [5.74, 6) is 0.639. The first-order valence-corrected chi connectivity index (χ1v) is 7.04. The highest BCUT2D eigenvalue weighted by atomic mass is 127. The largest absolute Gasteiger partial charge is 0.335 e. The number of urea groups is 1. The summed E-state index contributed by atoms with van der Waals surface area (Å²) in [5.41, 5.74) is 0. The van der Waals surface area contributed by atoms with Crippen molar-refractivity contribution >= 4 is 28.9 Å². The van der Waals surface area contributed by atoms with Crippen LogP contribution in [0.2, 0.25) is 0 Å². The number of nitrogens with zero attached hydrogens (tertiary/aromatic N) is 2. The molecule has 1 unspecified atom stereocenters. The number of hydrogen-bond acceptors (Lipinski definition) is 2. The van der Waals surface area contributed by atoms with E-state index in [-0.39, 0.29) is 6.03 Å². The Labute approximate surface area is 111 Å². The van der Waals surface area contributed by atoms with Crippen molar-refractivity contribution in [2.75, 3.05) is 26.7 Å². The number of nitrogens with one attached hydrogen (secondary N) is 1. The van der Waals surface area contributed by atoms with E-state index in [2.05, 4.69) is 31.3 Å². The molecule has 92 valence electrons. The highest BCUT2D eigenvalue weighted by molar-refractivity contribution is 14.1. The fraction of sp³-hybridized carbons (Fsp3) is 0.909. The lowest BCUT2D eigenvalue weighted by atomic mass is 9.99. The highest BCUT2D eigenvalue weighted by Gasteiger charge is 2.26. The smallest absolute Gasteiger partial charge is 0.317 e. The molecular weight excluding hydrogens is 317 g/mol. The molecule has 5 heteroatoms. The zero-order valence-corrected chi connectivity index (χ0v) is 11.9. The zero-order valence-electron chi connectivity index (χ0n) is 9.79. The van der Waals surface area contributed by atoms with Gasteiger partial charge in [-0.15, -0.1) is 0 Å². The van der Waals surface area contributed by atoms with Crippen LogP contribution in [0.4, 0.5) is 4.79 Å². The molecule has 1 saturated carbocycles. The van der Waals surface area contributed by atoms with Gasteiger partial charge in [-0.1, -0.05) is 0 Å². The Morgan fingerprint density at radius 3 is 2.88 bits per heavy atom. The summed E-state index contributed by atoms with van der Waals surface area (Å²) >= 11 is 2.38. The van der Waals surface area contributed by atoms with Crippen molar-refractivity contribution in [1.29, 1.82) is 0 Å². The van der Waals surface area contributed by atoms with E-state index >= 15 is 0 Å². The highest BCUT2D eigenvalue weighted by Crippen LogP contribution is 2.21. The van der Waals surface area contributed by atoms with Crippen LogP contribution in [0.25, 0.3) is 0 Å². The summed E-state index contributed by atoms with van der Waals surface area (Å²) in [6.07, 6.45) is 4.82. The first-order chi connectivity index (χ1) is 7.65. The van der Waals surface area contributed by atoms with Crippen molar-refractivity contribution in [1.82, 2.24) is 13.3 Å². The standard InChI is InChI=1S/C11H20IN3O/c1-14(11(16)13-10-4-5-10)7-9-3-2-6-15(12)8-9/h9-10H,2-8H2,1H3,(H,13,16). The molecule has 0 radical (unpaired) electrons. The van der Waals surface area contributed by atoms with Gasteiger partial charge in [-0.3, -0.25) is 0 Å². The molecule has 16 heavy (non-hydrogen) atoms. The second-order valence-corrected chi connectivity index (χ2v) is 6.35. The minimum absolute atomic E-state index is 0.105. The molecule has 1 aliphatic carbocycles. The van der Waals surface area contributed by atoms with E-state index < -0.39 is 0 Å². The number of hydrogen-bond donors (Lipinski definition) is 1. The topological polar surface area (TPSA) is 35.6 Å². The van der Waals surface area contributed by atoms with Crippen LogP contribution >= 0.6 is 22.9 Å². The summed E-state index contributed by atoms with van der Waals surface area (Å²) in [6.45, 7) is 3.19. The van der Waals surface area contributed by atoms with Gasteiger partial charge in [0, 0.05) is 55.6 Å². The molecule has 2 amide bonds. The van der Waals surface area contributed by atoms with E-state index in [0.717, 1.165) is 25.9 Å². The van der Waals surface area contributed by atoms with Gasteiger partial charge in [0.05, 0.1) is 0 Å². The fourth-order valence-corrected chi connectivity index (χ4v) is 3.04. The second kappa shape index (κ2) is 5.53. The predicted octanol–water partition coefficient (Wildman–Crippen LogP) is 1.85. The number of amides is 2. The van der Waals surface area contributed by atoms with Gasteiger partial charge in [0.1, 0.15) is 0 Å². The van der Waals surface area contributed by atoms with Gasteiger partial charge in [-0.25, -0.2) is 7.91 Å². The molecule has 0 aromatic carbocycles. The average molecular weight is 337 g/mol. The minimum Gasteiger partial charge on any atom is -0.335 e. The maximum atomic E-state index is 11.7. The molecular formula is C11H20IN3O. The lowest BCUT2D eigenvalue weighted by molar-refractivity contribution is 0.187. The lowest BCUT2D eigenvalue weighted by Crippen LogP contribution is -2.43. The van der Waals surface area contributed by atoms with Crippen LogP contribution in [0, 0.1) is 5.92 Å². The molecule has 1 aliphatic heterocycles. The molecule has 1 atom stereocenters. The Kier molecular flexibility index (Phi) is 4.29. The van der Waals surface area contributed by atoms with Gasteiger partial charge in [-0.05, 0) is 31.6 Å². The van der Waals surface area contributed by atoms with Crippen molar-refractivity contribution in [3.63, 3.8) is 0 Å². The Balaban J connectivity index is 1.72. The van der Waals surface area contributed by atoms with Gasteiger partial charge in [0.25, 0.3) is 0 Å². The molecule has 2 fully saturated rings. The van der Waals surface area contributed by atoms with E-state index in [1.54, 1.807) is 0 Å². The maximum Gasteiger partial charge on any atom is 0.317 e. The predicted molar refractivity (Wildman–Crippen MR) is 72.5 cm³/mol. The molecule has 2 aliphatic rings. The summed E-state index contributed by atoms with van der Waals surface area (Å²) in [4.78, 5) is 13.6. The molecule has 1 saturated heterocycles. The first kappa shape index (κ1) is 12.4. The molecule has 4 nitrogen and oxygen atoms in total. The summed E-state index contributed by atoms with van der Waals surface area (Å²) in [5, 5.41) is 3.03. The summed E-state index contributed by atoms with van der Waals surface area (Å²) in [7, 11) is 1.91. The zero-order chi connectivity index (χ0) is 11.5. The summed E-state index contributed by atoms with van der Waals surface area (Å²) in [6, 6.07) is 0.565. The van der Waals surface area contributed by atoms with E-state index in [0.29, 0.717) is 12.0 Å².